The molecule has 1 fully saturated rings. The lowest BCUT2D eigenvalue weighted by molar-refractivity contribution is 0.121. The Kier molecular flexibility index (Phi) is 7.01. The summed E-state index contributed by atoms with van der Waals surface area (Å²) in [5.74, 6) is 0.559. The number of ether oxygens (including phenoxy) is 1. The predicted octanol–water partition coefficient (Wildman–Crippen LogP) is 1.94. The first-order chi connectivity index (χ1) is 7.74. The van der Waals surface area contributed by atoms with Crippen molar-refractivity contribution >= 4 is 0 Å². The Morgan fingerprint density at radius 3 is 2.88 bits per heavy atom. The Bertz CT molecular complexity index is 175. The van der Waals surface area contributed by atoms with Crippen LogP contribution in [0, 0.1) is 5.92 Å². The van der Waals surface area contributed by atoms with Crippen LogP contribution in [0.5, 0.6) is 0 Å². The van der Waals surface area contributed by atoms with E-state index < -0.39 is 0 Å². The summed E-state index contributed by atoms with van der Waals surface area (Å²) < 4.78 is 5.34. The van der Waals surface area contributed by atoms with Crippen LogP contribution in [0.3, 0.4) is 0 Å². The van der Waals surface area contributed by atoms with E-state index in [4.69, 9.17) is 4.74 Å². The van der Waals surface area contributed by atoms with Gasteiger partial charge in [-0.2, -0.15) is 0 Å². The van der Waals surface area contributed by atoms with Crippen LogP contribution in [0.4, 0.5) is 0 Å². The van der Waals surface area contributed by atoms with Crippen LogP contribution < -0.4 is 5.32 Å². The van der Waals surface area contributed by atoms with E-state index in [2.05, 4.69) is 12.2 Å². The van der Waals surface area contributed by atoms with Crippen molar-refractivity contribution in [2.75, 3.05) is 19.8 Å². The summed E-state index contributed by atoms with van der Waals surface area (Å²) in [6, 6.07) is 0.438. The largest absolute Gasteiger partial charge is 0.393 e. The van der Waals surface area contributed by atoms with Crippen molar-refractivity contribution in [2.45, 2.75) is 58.1 Å². The second-order valence-electron chi connectivity index (χ2n) is 4.92. The fourth-order valence-electron chi connectivity index (χ4n) is 2.42. The maximum Gasteiger partial charge on any atom is 0.0616 e. The van der Waals surface area contributed by atoms with Crippen molar-refractivity contribution in [3.8, 4) is 0 Å². The molecule has 16 heavy (non-hydrogen) atoms. The third kappa shape index (κ3) is 5.28. The number of hydrogen-bond donors (Lipinski definition) is 2. The van der Waals surface area contributed by atoms with E-state index in [0.717, 1.165) is 39.0 Å². The van der Waals surface area contributed by atoms with Crippen LogP contribution in [0.2, 0.25) is 0 Å². The fraction of sp³-hybridized carbons (Fsp3) is 1.00. The molecule has 0 aromatic carbocycles. The highest BCUT2D eigenvalue weighted by atomic mass is 16.5. The number of aliphatic hydroxyl groups is 1. The number of aliphatic hydroxyl groups excluding tert-OH is 1. The van der Waals surface area contributed by atoms with Gasteiger partial charge >= 0.3 is 0 Å². The normalized spacial score (nSPS) is 27.2. The Morgan fingerprint density at radius 2 is 2.25 bits per heavy atom. The summed E-state index contributed by atoms with van der Waals surface area (Å²) in [6.07, 6.45) is 5.74. The lowest BCUT2D eigenvalue weighted by atomic mass is 10.00. The van der Waals surface area contributed by atoms with Gasteiger partial charge in [-0.25, -0.2) is 0 Å². The van der Waals surface area contributed by atoms with Crippen molar-refractivity contribution in [2.24, 2.45) is 5.92 Å². The zero-order valence-corrected chi connectivity index (χ0v) is 10.7. The highest BCUT2D eigenvalue weighted by Gasteiger charge is 2.24. The molecule has 0 radical (unpaired) electrons. The van der Waals surface area contributed by atoms with Gasteiger partial charge in [-0.05, 0) is 52.0 Å². The summed E-state index contributed by atoms with van der Waals surface area (Å²) >= 11 is 0. The Hall–Kier alpha value is -0.120. The van der Waals surface area contributed by atoms with Gasteiger partial charge in [0.1, 0.15) is 0 Å². The molecule has 3 heteroatoms. The van der Waals surface area contributed by atoms with E-state index in [1.165, 1.54) is 12.8 Å². The van der Waals surface area contributed by atoms with Crippen LogP contribution in [0.1, 0.15) is 46.0 Å². The molecule has 3 nitrogen and oxygen atoms in total. The van der Waals surface area contributed by atoms with Crippen LogP contribution in [-0.4, -0.2) is 37.0 Å². The molecule has 1 aliphatic carbocycles. The standard InChI is InChI=1S/C13H27NO2/c1-3-16-10-11(2)14-9-5-7-12-6-4-8-13(12)15/h11-15H,3-10H2,1-2H3. The van der Waals surface area contributed by atoms with Crippen molar-refractivity contribution in [1.82, 2.24) is 5.32 Å². The van der Waals surface area contributed by atoms with E-state index in [-0.39, 0.29) is 6.10 Å². The zero-order chi connectivity index (χ0) is 11.8. The average Bonchev–Trinajstić information content (AvgIpc) is 2.67. The second-order valence-corrected chi connectivity index (χ2v) is 4.92. The van der Waals surface area contributed by atoms with Crippen molar-refractivity contribution < 1.29 is 9.84 Å². The first kappa shape index (κ1) is 13.9. The Balaban J connectivity index is 1.94. The van der Waals surface area contributed by atoms with E-state index in [1.807, 2.05) is 6.92 Å². The predicted molar refractivity (Wildman–Crippen MR) is 66.5 cm³/mol. The molecular formula is C13H27NO2. The monoisotopic (exact) mass is 229 g/mol. The lowest BCUT2D eigenvalue weighted by Crippen LogP contribution is -2.31. The highest BCUT2D eigenvalue weighted by molar-refractivity contribution is 4.76. The minimum absolute atomic E-state index is 0.0270. The minimum atomic E-state index is -0.0270. The van der Waals surface area contributed by atoms with Gasteiger partial charge in [0, 0.05) is 12.6 Å². The van der Waals surface area contributed by atoms with Crippen molar-refractivity contribution in [3.05, 3.63) is 0 Å². The SMILES string of the molecule is CCOCC(C)NCCCC1CCCC1O. The quantitative estimate of drug-likeness (QED) is 0.625. The molecule has 0 saturated heterocycles. The second kappa shape index (κ2) is 8.04. The molecule has 3 unspecified atom stereocenters. The summed E-state index contributed by atoms with van der Waals surface area (Å²) in [4.78, 5) is 0. The molecule has 2 N–H and O–H groups in total. The maximum atomic E-state index is 9.67. The molecule has 3 atom stereocenters. The van der Waals surface area contributed by atoms with Gasteiger partial charge in [-0.15, -0.1) is 0 Å². The topological polar surface area (TPSA) is 41.5 Å². The molecular weight excluding hydrogens is 202 g/mol. The van der Waals surface area contributed by atoms with Crippen LogP contribution >= 0.6 is 0 Å². The molecule has 0 aromatic heterocycles. The maximum absolute atomic E-state index is 9.67. The first-order valence-electron chi connectivity index (χ1n) is 6.73. The molecule has 1 rings (SSSR count). The summed E-state index contributed by atoms with van der Waals surface area (Å²) in [6.45, 7) is 6.80. The summed E-state index contributed by atoms with van der Waals surface area (Å²) in [5.41, 5.74) is 0. The smallest absolute Gasteiger partial charge is 0.0616 e. The average molecular weight is 229 g/mol. The van der Waals surface area contributed by atoms with E-state index in [0.29, 0.717) is 12.0 Å². The van der Waals surface area contributed by atoms with Gasteiger partial charge in [0.2, 0.25) is 0 Å². The number of rotatable bonds is 8. The van der Waals surface area contributed by atoms with Gasteiger partial charge in [0.15, 0.2) is 0 Å². The number of hydrogen-bond acceptors (Lipinski definition) is 3. The van der Waals surface area contributed by atoms with Crippen LogP contribution in [0.15, 0.2) is 0 Å². The third-order valence-corrected chi connectivity index (χ3v) is 3.44. The first-order valence-corrected chi connectivity index (χ1v) is 6.73. The lowest BCUT2D eigenvalue weighted by Gasteiger charge is -2.16. The van der Waals surface area contributed by atoms with Gasteiger partial charge in [-0.1, -0.05) is 6.42 Å². The number of nitrogens with one attached hydrogen (secondary N) is 1. The molecule has 0 aliphatic heterocycles. The van der Waals surface area contributed by atoms with Gasteiger partial charge in [-0.3, -0.25) is 0 Å². The summed E-state index contributed by atoms with van der Waals surface area (Å²) in [7, 11) is 0. The molecule has 0 aromatic rings. The molecule has 0 spiro atoms. The van der Waals surface area contributed by atoms with Crippen LogP contribution in [-0.2, 0) is 4.74 Å². The van der Waals surface area contributed by atoms with Gasteiger partial charge < -0.3 is 15.2 Å². The molecule has 1 aliphatic rings. The van der Waals surface area contributed by atoms with E-state index >= 15 is 0 Å². The van der Waals surface area contributed by atoms with E-state index in [1.54, 1.807) is 0 Å². The zero-order valence-electron chi connectivity index (χ0n) is 10.7. The van der Waals surface area contributed by atoms with Gasteiger partial charge in [0.25, 0.3) is 0 Å². The highest BCUT2D eigenvalue weighted by Crippen LogP contribution is 2.28. The molecule has 0 bridgehead atoms. The Labute approximate surface area is 99.6 Å². The molecule has 0 amide bonds. The van der Waals surface area contributed by atoms with Gasteiger partial charge in [0.05, 0.1) is 12.7 Å². The molecule has 96 valence electrons. The summed E-state index contributed by atoms with van der Waals surface area (Å²) in [5, 5.41) is 13.1. The molecule has 1 saturated carbocycles. The molecule has 0 heterocycles. The van der Waals surface area contributed by atoms with Crippen LogP contribution in [0.25, 0.3) is 0 Å². The fourth-order valence-corrected chi connectivity index (χ4v) is 2.42. The minimum Gasteiger partial charge on any atom is -0.393 e. The third-order valence-electron chi connectivity index (χ3n) is 3.44. The van der Waals surface area contributed by atoms with Crippen molar-refractivity contribution in [3.63, 3.8) is 0 Å². The van der Waals surface area contributed by atoms with E-state index in [9.17, 15) is 5.11 Å². The Morgan fingerprint density at radius 1 is 1.44 bits per heavy atom. The van der Waals surface area contributed by atoms with Crippen molar-refractivity contribution in [1.29, 1.82) is 0 Å².